The van der Waals surface area contributed by atoms with Crippen molar-refractivity contribution in [2.45, 2.75) is 6.54 Å². The lowest BCUT2D eigenvalue weighted by atomic mass is 10.3. The van der Waals surface area contributed by atoms with Crippen LogP contribution in [0.5, 0.6) is 0 Å². The molecule has 28 heavy (non-hydrogen) atoms. The maximum Gasteiger partial charge on any atom is 0.238 e. The van der Waals surface area contributed by atoms with Crippen molar-refractivity contribution in [3.05, 3.63) is 57.5 Å². The van der Waals surface area contributed by atoms with E-state index in [2.05, 4.69) is 27.2 Å². The molecule has 2 heterocycles. The minimum Gasteiger partial charge on any atom is -0.324 e. The molecule has 0 spiro atoms. The quantitative estimate of drug-likeness (QED) is 0.647. The largest absolute Gasteiger partial charge is 0.324 e. The molecule has 0 saturated carbocycles. The number of carbonyl (C=O) groups is 1. The third-order valence-electron chi connectivity index (χ3n) is 4.73. The molecule has 0 atom stereocenters. The molecule has 0 bridgehead atoms. The highest BCUT2D eigenvalue weighted by Crippen LogP contribution is 2.25. The standard InChI is InChI=1S/C20H20Cl2N4OS/c21-14-5-6-16(15(22)11-14)23-19(27)12-25-7-9-26(10-8-25)13-20-24-17-3-1-2-4-18(17)28-20/h1-6,11H,7-10,12-13H2,(H,23,27). The summed E-state index contributed by atoms with van der Waals surface area (Å²) in [4.78, 5) is 21.6. The van der Waals surface area contributed by atoms with Gasteiger partial charge in [0.2, 0.25) is 5.91 Å². The number of halogens is 2. The SMILES string of the molecule is O=C(CN1CCN(Cc2nc3ccccc3s2)CC1)Nc1ccc(Cl)cc1Cl. The van der Waals surface area contributed by atoms with Crippen LogP contribution in [0, 0.1) is 0 Å². The van der Waals surface area contributed by atoms with E-state index in [0.29, 0.717) is 22.3 Å². The molecule has 1 amide bonds. The van der Waals surface area contributed by atoms with Crippen molar-refractivity contribution in [1.82, 2.24) is 14.8 Å². The van der Waals surface area contributed by atoms with Gasteiger partial charge in [0.25, 0.3) is 0 Å². The van der Waals surface area contributed by atoms with Crippen LogP contribution in [0.1, 0.15) is 5.01 Å². The number of benzene rings is 2. The van der Waals surface area contributed by atoms with Crippen LogP contribution in [0.15, 0.2) is 42.5 Å². The highest BCUT2D eigenvalue weighted by molar-refractivity contribution is 7.18. The molecule has 8 heteroatoms. The van der Waals surface area contributed by atoms with Crippen LogP contribution in [-0.4, -0.2) is 53.4 Å². The van der Waals surface area contributed by atoms with Gasteiger partial charge in [0.15, 0.2) is 0 Å². The lowest BCUT2D eigenvalue weighted by Crippen LogP contribution is -2.48. The molecule has 1 N–H and O–H groups in total. The molecule has 1 saturated heterocycles. The Morgan fingerprint density at radius 1 is 1.07 bits per heavy atom. The predicted molar refractivity (Wildman–Crippen MR) is 116 cm³/mol. The first-order chi connectivity index (χ1) is 13.6. The van der Waals surface area contributed by atoms with E-state index in [1.807, 2.05) is 12.1 Å². The smallest absolute Gasteiger partial charge is 0.238 e. The number of carbonyl (C=O) groups excluding carboxylic acids is 1. The van der Waals surface area contributed by atoms with Crippen LogP contribution in [0.3, 0.4) is 0 Å². The van der Waals surface area contributed by atoms with Crippen LogP contribution in [-0.2, 0) is 11.3 Å². The van der Waals surface area contributed by atoms with E-state index in [9.17, 15) is 4.79 Å². The maximum atomic E-state index is 12.3. The second kappa shape index (κ2) is 8.76. The minimum absolute atomic E-state index is 0.0659. The summed E-state index contributed by atoms with van der Waals surface area (Å²) >= 11 is 13.8. The maximum absolute atomic E-state index is 12.3. The number of hydrogen-bond donors (Lipinski definition) is 1. The first-order valence-electron chi connectivity index (χ1n) is 9.11. The molecule has 1 aliphatic rings. The minimum atomic E-state index is -0.0659. The summed E-state index contributed by atoms with van der Waals surface area (Å²) in [5, 5.41) is 5.00. The Morgan fingerprint density at radius 3 is 2.57 bits per heavy atom. The van der Waals surface area contributed by atoms with Gasteiger partial charge in [-0.3, -0.25) is 14.6 Å². The Kier molecular flexibility index (Phi) is 6.13. The highest BCUT2D eigenvalue weighted by Gasteiger charge is 2.20. The zero-order chi connectivity index (χ0) is 19.5. The Bertz CT molecular complexity index is 952. The van der Waals surface area contributed by atoms with Crippen molar-refractivity contribution >= 4 is 56.3 Å². The summed E-state index contributed by atoms with van der Waals surface area (Å²) in [6.45, 7) is 4.77. The number of anilines is 1. The lowest BCUT2D eigenvalue weighted by Gasteiger charge is -2.33. The van der Waals surface area contributed by atoms with E-state index in [1.165, 1.54) is 4.70 Å². The fourth-order valence-electron chi connectivity index (χ4n) is 3.27. The molecule has 1 fully saturated rings. The number of para-hydroxylation sites is 1. The zero-order valence-corrected chi connectivity index (χ0v) is 17.5. The fourth-order valence-corrected chi connectivity index (χ4v) is 4.73. The van der Waals surface area contributed by atoms with E-state index < -0.39 is 0 Å². The fraction of sp³-hybridized carbons (Fsp3) is 0.300. The molecule has 0 radical (unpaired) electrons. The Hall–Kier alpha value is -1.70. The molecule has 146 valence electrons. The van der Waals surface area contributed by atoms with E-state index >= 15 is 0 Å². The van der Waals surface area contributed by atoms with Crippen LogP contribution >= 0.6 is 34.5 Å². The molecule has 0 aliphatic carbocycles. The summed E-state index contributed by atoms with van der Waals surface area (Å²) in [6, 6.07) is 13.3. The highest BCUT2D eigenvalue weighted by atomic mass is 35.5. The van der Waals surface area contributed by atoms with Crippen LogP contribution in [0.2, 0.25) is 10.0 Å². The molecule has 2 aromatic carbocycles. The van der Waals surface area contributed by atoms with E-state index in [1.54, 1.807) is 29.5 Å². The Morgan fingerprint density at radius 2 is 1.82 bits per heavy atom. The van der Waals surface area contributed by atoms with Crippen molar-refractivity contribution in [2.24, 2.45) is 0 Å². The number of piperazine rings is 1. The Balaban J connectivity index is 1.26. The summed E-state index contributed by atoms with van der Waals surface area (Å²) in [6.07, 6.45) is 0. The van der Waals surface area contributed by atoms with Gasteiger partial charge in [-0.1, -0.05) is 35.3 Å². The first-order valence-corrected chi connectivity index (χ1v) is 10.7. The number of rotatable bonds is 5. The summed E-state index contributed by atoms with van der Waals surface area (Å²) < 4.78 is 1.23. The molecule has 4 rings (SSSR count). The predicted octanol–water partition coefficient (Wildman–Crippen LogP) is 4.36. The molecular weight excluding hydrogens is 415 g/mol. The average Bonchev–Trinajstić information content (AvgIpc) is 3.08. The van der Waals surface area contributed by atoms with Gasteiger partial charge in [-0.15, -0.1) is 11.3 Å². The van der Waals surface area contributed by atoms with Crippen LogP contribution < -0.4 is 5.32 Å². The van der Waals surface area contributed by atoms with Crippen molar-refractivity contribution in [3.8, 4) is 0 Å². The second-order valence-corrected chi connectivity index (χ2v) is 8.76. The van der Waals surface area contributed by atoms with Gasteiger partial charge < -0.3 is 5.32 Å². The summed E-state index contributed by atoms with van der Waals surface area (Å²) in [5.41, 5.74) is 1.66. The van der Waals surface area contributed by atoms with Gasteiger partial charge in [-0.25, -0.2) is 4.98 Å². The number of amides is 1. The number of nitrogens with zero attached hydrogens (tertiary/aromatic N) is 3. The van der Waals surface area contributed by atoms with Crippen molar-refractivity contribution in [1.29, 1.82) is 0 Å². The second-order valence-electron chi connectivity index (χ2n) is 6.80. The number of thiazole rings is 1. The monoisotopic (exact) mass is 434 g/mol. The van der Waals surface area contributed by atoms with Gasteiger partial charge in [0.05, 0.1) is 34.0 Å². The number of hydrogen-bond acceptors (Lipinski definition) is 5. The third kappa shape index (κ3) is 4.82. The van der Waals surface area contributed by atoms with Crippen LogP contribution in [0.4, 0.5) is 5.69 Å². The zero-order valence-electron chi connectivity index (χ0n) is 15.2. The number of fused-ring (bicyclic) bond motifs is 1. The van der Waals surface area contributed by atoms with Crippen molar-refractivity contribution < 1.29 is 4.79 Å². The molecule has 1 aliphatic heterocycles. The molecular formula is C20H20Cl2N4OS. The van der Waals surface area contributed by atoms with E-state index in [0.717, 1.165) is 43.2 Å². The Labute approximate surface area is 177 Å². The number of nitrogens with one attached hydrogen (secondary N) is 1. The summed E-state index contributed by atoms with van der Waals surface area (Å²) in [7, 11) is 0. The molecule has 0 unspecified atom stereocenters. The summed E-state index contributed by atoms with van der Waals surface area (Å²) in [5.74, 6) is -0.0659. The normalized spacial score (nSPS) is 15.8. The van der Waals surface area contributed by atoms with Gasteiger partial charge in [0, 0.05) is 31.2 Å². The lowest BCUT2D eigenvalue weighted by molar-refractivity contribution is -0.117. The first kappa shape index (κ1) is 19.6. The molecule has 1 aromatic heterocycles. The van der Waals surface area contributed by atoms with Crippen LogP contribution in [0.25, 0.3) is 10.2 Å². The number of aromatic nitrogens is 1. The van der Waals surface area contributed by atoms with Gasteiger partial charge in [-0.2, -0.15) is 0 Å². The van der Waals surface area contributed by atoms with Gasteiger partial charge >= 0.3 is 0 Å². The van der Waals surface area contributed by atoms with Crippen molar-refractivity contribution in [2.75, 3.05) is 38.0 Å². The topological polar surface area (TPSA) is 48.5 Å². The average molecular weight is 435 g/mol. The van der Waals surface area contributed by atoms with E-state index in [4.69, 9.17) is 28.2 Å². The molecule has 5 nitrogen and oxygen atoms in total. The van der Waals surface area contributed by atoms with E-state index in [-0.39, 0.29) is 5.91 Å². The third-order valence-corrected chi connectivity index (χ3v) is 6.30. The van der Waals surface area contributed by atoms with Gasteiger partial charge in [0.1, 0.15) is 5.01 Å². The van der Waals surface area contributed by atoms with Gasteiger partial charge in [-0.05, 0) is 30.3 Å². The van der Waals surface area contributed by atoms with Crippen molar-refractivity contribution in [3.63, 3.8) is 0 Å². The molecule has 3 aromatic rings.